The van der Waals surface area contributed by atoms with Crippen molar-refractivity contribution in [1.29, 1.82) is 0 Å². The second-order valence-electron chi connectivity index (χ2n) is 7.03. The Hall–Kier alpha value is -0.0400. The molecule has 0 spiro atoms. The highest BCUT2D eigenvalue weighted by Gasteiger charge is 2.52. The summed E-state index contributed by atoms with van der Waals surface area (Å²) in [5.74, 6) is 1.64. The van der Waals surface area contributed by atoms with Crippen molar-refractivity contribution >= 4 is 0 Å². The number of rotatable bonds is 2. The summed E-state index contributed by atoms with van der Waals surface area (Å²) in [4.78, 5) is 0. The van der Waals surface area contributed by atoms with E-state index in [1.165, 1.54) is 12.8 Å². The minimum atomic E-state index is 0.398. The molecule has 0 saturated heterocycles. The first-order valence-electron chi connectivity index (χ1n) is 6.41. The molecular weight excluding hydrogens is 184 g/mol. The maximum atomic E-state index is 6.29. The summed E-state index contributed by atoms with van der Waals surface area (Å²) in [6, 6.07) is 0. The van der Waals surface area contributed by atoms with Gasteiger partial charge in [-0.15, -0.1) is 0 Å². The first kappa shape index (κ1) is 11.4. The molecule has 2 saturated carbocycles. The van der Waals surface area contributed by atoms with E-state index in [-0.39, 0.29) is 0 Å². The van der Waals surface area contributed by atoms with Crippen LogP contribution in [0.1, 0.15) is 54.4 Å². The van der Waals surface area contributed by atoms with Gasteiger partial charge in [-0.25, -0.2) is 0 Å². The van der Waals surface area contributed by atoms with E-state index >= 15 is 0 Å². The Morgan fingerprint density at radius 1 is 0.800 bits per heavy atom. The monoisotopic (exact) mass is 210 g/mol. The van der Waals surface area contributed by atoms with Crippen molar-refractivity contribution in [3.05, 3.63) is 0 Å². The van der Waals surface area contributed by atoms with Crippen molar-refractivity contribution in [2.75, 3.05) is 0 Å². The van der Waals surface area contributed by atoms with Gasteiger partial charge in [-0.3, -0.25) is 0 Å². The van der Waals surface area contributed by atoms with E-state index in [4.69, 9.17) is 4.74 Å². The lowest BCUT2D eigenvalue weighted by Crippen LogP contribution is -2.57. The Labute approximate surface area is 94.6 Å². The third-order valence-corrected chi connectivity index (χ3v) is 5.66. The molecule has 0 N–H and O–H groups in total. The molecule has 0 aromatic carbocycles. The second kappa shape index (κ2) is 3.23. The molecule has 0 aliphatic heterocycles. The summed E-state index contributed by atoms with van der Waals surface area (Å²) in [5.41, 5.74) is 0.795. The van der Waals surface area contributed by atoms with Gasteiger partial charge in [0.05, 0.1) is 12.2 Å². The molecule has 0 aromatic heterocycles. The van der Waals surface area contributed by atoms with Crippen LogP contribution in [0.2, 0.25) is 0 Å². The van der Waals surface area contributed by atoms with Crippen LogP contribution in [0, 0.1) is 22.7 Å². The molecule has 0 radical (unpaired) electrons. The highest BCUT2D eigenvalue weighted by atomic mass is 16.5. The minimum absolute atomic E-state index is 0.398. The molecule has 4 atom stereocenters. The van der Waals surface area contributed by atoms with Crippen LogP contribution in [0.3, 0.4) is 0 Å². The molecular formula is C14H26O. The molecule has 0 heterocycles. The quantitative estimate of drug-likeness (QED) is 0.672. The van der Waals surface area contributed by atoms with E-state index in [0.717, 1.165) is 11.8 Å². The maximum Gasteiger partial charge on any atom is 0.0635 e. The van der Waals surface area contributed by atoms with Crippen LogP contribution < -0.4 is 0 Å². The molecule has 0 aromatic rings. The standard InChI is InChI=1S/C14H26O/c1-9-7-11(13(9,3)4)15-12-8-10(2)14(12,5)6/h9-12H,7-8H2,1-6H3. The van der Waals surface area contributed by atoms with Crippen LogP contribution in [-0.2, 0) is 4.74 Å². The molecule has 1 heteroatoms. The van der Waals surface area contributed by atoms with Crippen molar-refractivity contribution in [2.24, 2.45) is 22.7 Å². The van der Waals surface area contributed by atoms with Gasteiger partial charge in [0.2, 0.25) is 0 Å². The highest BCUT2D eigenvalue weighted by molar-refractivity contribution is 5.01. The van der Waals surface area contributed by atoms with Crippen LogP contribution in [0.25, 0.3) is 0 Å². The zero-order valence-corrected chi connectivity index (χ0v) is 11.1. The SMILES string of the molecule is CC1CC(OC2CC(C)C2(C)C)C1(C)C. The molecule has 0 bridgehead atoms. The van der Waals surface area contributed by atoms with Gasteiger partial charge in [0.25, 0.3) is 0 Å². The summed E-state index contributed by atoms with van der Waals surface area (Å²) < 4.78 is 6.29. The van der Waals surface area contributed by atoms with E-state index in [0.29, 0.717) is 23.0 Å². The Kier molecular flexibility index (Phi) is 2.46. The van der Waals surface area contributed by atoms with Crippen molar-refractivity contribution in [3.63, 3.8) is 0 Å². The van der Waals surface area contributed by atoms with Crippen molar-refractivity contribution in [2.45, 2.75) is 66.6 Å². The van der Waals surface area contributed by atoms with E-state index in [1.807, 2.05) is 0 Å². The molecule has 15 heavy (non-hydrogen) atoms. The molecule has 2 aliphatic carbocycles. The molecule has 88 valence electrons. The molecule has 4 unspecified atom stereocenters. The zero-order chi connectivity index (χ0) is 11.4. The number of ether oxygens (including phenoxy) is 1. The first-order valence-corrected chi connectivity index (χ1v) is 6.41. The maximum absolute atomic E-state index is 6.29. The normalized spacial score (nSPS) is 46.8. The highest BCUT2D eigenvalue weighted by Crippen LogP contribution is 2.53. The van der Waals surface area contributed by atoms with Crippen LogP contribution in [0.5, 0.6) is 0 Å². The predicted molar refractivity (Wildman–Crippen MR) is 63.8 cm³/mol. The third kappa shape index (κ3) is 1.54. The average molecular weight is 210 g/mol. The van der Waals surface area contributed by atoms with E-state index in [1.54, 1.807) is 0 Å². The molecule has 0 amide bonds. The van der Waals surface area contributed by atoms with E-state index < -0.39 is 0 Å². The summed E-state index contributed by atoms with van der Waals surface area (Å²) >= 11 is 0. The average Bonchev–Trinajstić information content (AvgIpc) is 2.16. The van der Waals surface area contributed by atoms with Crippen LogP contribution >= 0.6 is 0 Å². The van der Waals surface area contributed by atoms with Gasteiger partial charge < -0.3 is 4.74 Å². The molecule has 2 fully saturated rings. The Balaban J connectivity index is 1.90. The van der Waals surface area contributed by atoms with Gasteiger partial charge in [-0.1, -0.05) is 41.5 Å². The lowest BCUT2D eigenvalue weighted by Gasteiger charge is -2.57. The predicted octanol–water partition coefficient (Wildman–Crippen LogP) is 3.87. The van der Waals surface area contributed by atoms with Crippen molar-refractivity contribution in [3.8, 4) is 0 Å². The smallest absolute Gasteiger partial charge is 0.0635 e. The Morgan fingerprint density at radius 3 is 1.33 bits per heavy atom. The van der Waals surface area contributed by atoms with Gasteiger partial charge in [-0.2, -0.15) is 0 Å². The topological polar surface area (TPSA) is 9.23 Å². The third-order valence-electron chi connectivity index (χ3n) is 5.66. The second-order valence-corrected chi connectivity index (χ2v) is 7.03. The summed E-state index contributed by atoms with van der Waals surface area (Å²) in [6.07, 6.45) is 3.52. The fourth-order valence-corrected chi connectivity index (χ4v) is 2.83. The van der Waals surface area contributed by atoms with Crippen LogP contribution in [-0.4, -0.2) is 12.2 Å². The lowest BCUT2D eigenvalue weighted by atomic mass is 9.58. The fraction of sp³-hybridized carbons (Fsp3) is 1.00. The lowest BCUT2D eigenvalue weighted by molar-refractivity contribution is -0.228. The zero-order valence-electron chi connectivity index (χ0n) is 11.1. The van der Waals surface area contributed by atoms with Gasteiger partial charge in [-0.05, 0) is 35.5 Å². The first-order chi connectivity index (χ1) is 6.76. The number of hydrogen-bond acceptors (Lipinski definition) is 1. The van der Waals surface area contributed by atoms with Gasteiger partial charge >= 0.3 is 0 Å². The van der Waals surface area contributed by atoms with Crippen LogP contribution in [0.4, 0.5) is 0 Å². The van der Waals surface area contributed by atoms with Crippen LogP contribution in [0.15, 0.2) is 0 Å². The largest absolute Gasteiger partial charge is 0.374 e. The Bertz CT molecular complexity index is 228. The van der Waals surface area contributed by atoms with Crippen molar-refractivity contribution < 1.29 is 4.74 Å². The Morgan fingerprint density at radius 2 is 1.13 bits per heavy atom. The van der Waals surface area contributed by atoms with Gasteiger partial charge in [0, 0.05) is 0 Å². The number of hydrogen-bond donors (Lipinski definition) is 0. The van der Waals surface area contributed by atoms with E-state index in [2.05, 4.69) is 41.5 Å². The van der Waals surface area contributed by atoms with Gasteiger partial charge in [0.1, 0.15) is 0 Å². The summed E-state index contributed by atoms with van der Waals surface area (Å²) in [7, 11) is 0. The summed E-state index contributed by atoms with van der Waals surface area (Å²) in [6.45, 7) is 14.1. The summed E-state index contributed by atoms with van der Waals surface area (Å²) in [5, 5.41) is 0. The van der Waals surface area contributed by atoms with Crippen molar-refractivity contribution in [1.82, 2.24) is 0 Å². The molecule has 2 aliphatic rings. The molecule has 1 nitrogen and oxygen atoms in total. The minimum Gasteiger partial charge on any atom is -0.374 e. The van der Waals surface area contributed by atoms with Gasteiger partial charge in [0.15, 0.2) is 0 Å². The molecule has 2 rings (SSSR count). The fourth-order valence-electron chi connectivity index (χ4n) is 2.83. The van der Waals surface area contributed by atoms with E-state index in [9.17, 15) is 0 Å².